The Labute approximate surface area is 720 Å². The number of nitrogens with zero attached hydrogens (tertiary/aromatic N) is 1. The Bertz CT molecular complexity index is 6980. The van der Waals surface area contributed by atoms with Gasteiger partial charge < -0.3 is 73.5 Å². The molecule has 0 saturated carbocycles. The number of aromatic hydroxyl groups is 4. The SMILES string of the molecule is C#Cc1ccccc1-c1sc2cc(O)ccc2c1Oc1ccc(/C=C/C(=O)O)cc1.COc1ccc(-c2sc3cc(O)ccc3c2Oc2ccc(/C=C/C(=O)O)cc2)c(C(C)C)c1.Cc1occc1-c1sc2cc(O)ccc2c1Oc1ccc(/C=C/C(=O)O)cc1.Cn1ccc2c(-c3sc4cc(O)ccc4c3Oc3ccc(/C=C/C(=O)O)cc3)cccc21. The van der Waals surface area contributed by atoms with E-state index in [0.29, 0.717) is 34.5 Å². The maximum absolute atomic E-state index is 10.8. The highest BCUT2D eigenvalue weighted by atomic mass is 32.1. The molecule has 0 spiro atoms. The van der Waals surface area contributed by atoms with Gasteiger partial charge in [-0.1, -0.05) is 98.6 Å². The van der Waals surface area contributed by atoms with Gasteiger partial charge >= 0.3 is 23.9 Å². The maximum atomic E-state index is 10.8. The number of carbonyl (C=O) groups is 4. The summed E-state index contributed by atoms with van der Waals surface area (Å²) >= 11 is 6.17. The molecule has 0 saturated heterocycles. The Hall–Kier alpha value is -15.3. The molecule has 0 radical (unpaired) electrons. The van der Waals surface area contributed by atoms with Crippen molar-refractivity contribution in [1.82, 2.24) is 4.57 Å². The number of benzene rings is 11. The van der Waals surface area contributed by atoms with Crippen LogP contribution in [0.3, 0.4) is 0 Å². The zero-order valence-electron chi connectivity index (χ0n) is 66.3. The van der Waals surface area contributed by atoms with E-state index < -0.39 is 23.9 Å². The number of aryl methyl sites for hydroxylation is 2. The first-order valence-electron chi connectivity index (χ1n) is 38.0. The number of carboxylic acid groups (broad SMARTS) is 4. The number of phenols is 4. The van der Waals surface area contributed by atoms with Crippen LogP contribution < -0.4 is 23.7 Å². The minimum Gasteiger partial charge on any atom is -0.508 e. The molecular weight excluding hydrogens is 1630 g/mol. The lowest BCUT2D eigenvalue weighted by Crippen LogP contribution is -1.95. The van der Waals surface area contributed by atoms with Crippen LogP contribution in [0.25, 0.3) is 117 Å². The Morgan fingerprint density at radius 3 is 1.10 bits per heavy atom. The van der Waals surface area contributed by atoms with Gasteiger partial charge in [-0.2, -0.15) is 0 Å². The number of aromatic nitrogens is 1. The number of methoxy groups -OCH3 is 1. The molecule has 0 unspecified atom stereocenters. The van der Waals surface area contributed by atoms with Crippen molar-refractivity contribution in [2.75, 3.05) is 7.11 Å². The molecule has 6 aromatic heterocycles. The van der Waals surface area contributed by atoms with Gasteiger partial charge in [-0.25, -0.2) is 19.2 Å². The Morgan fingerprint density at radius 1 is 0.398 bits per heavy atom. The summed E-state index contributed by atoms with van der Waals surface area (Å²) in [5.74, 6) is 6.71. The number of furan rings is 1. The summed E-state index contributed by atoms with van der Waals surface area (Å²) in [5, 5.41) is 79.6. The fourth-order valence-corrected chi connectivity index (χ4v) is 18.2. The van der Waals surface area contributed by atoms with Crippen LogP contribution in [-0.4, -0.2) is 76.4 Å². The van der Waals surface area contributed by atoms with Crippen molar-refractivity contribution < 1.29 is 88.1 Å². The highest BCUT2D eigenvalue weighted by Crippen LogP contribution is 2.54. The van der Waals surface area contributed by atoms with Crippen molar-refractivity contribution in [3.05, 3.63) is 319 Å². The number of fused-ring (bicyclic) bond motifs is 5. The van der Waals surface area contributed by atoms with Crippen LogP contribution in [-0.2, 0) is 26.2 Å². The highest BCUT2D eigenvalue weighted by molar-refractivity contribution is 7.24. The minimum atomic E-state index is -1.000. The first-order chi connectivity index (χ1) is 59.4. The predicted molar refractivity (Wildman–Crippen MR) is 491 cm³/mol. The second-order valence-corrected chi connectivity index (χ2v) is 32.2. The van der Waals surface area contributed by atoms with Gasteiger partial charge in [-0.15, -0.1) is 51.8 Å². The average Bonchev–Trinajstić information content (AvgIpc) is 1.63. The molecule has 11 aromatic carbocycles. The molecule has 0 fully saturated rings. The molecule has 0 bridgehead atoms. The van der Waals surface area contributed by atoms with Crippen LogP contribution in [0.4, 0.5) is 0 Å². The number of ether oxygens (including phenoxy) is 5. The van der Waals surface area contributed by atoms with Gasteiger partial charge in [0.25, 0.3) is 0 Å². The Morgan fingerprint density at radius 2 is 0.748 bits per heavy atom. The largest absolute Gasteiger partial charge is 0.508 e. The summed E-state index contributed by atoms with van der Waals surface area (Å²) in [6.07, 6.45) is 19.9. The smallest absolute Gasteiger partial charge is 0.328 e. The molecule has 6 heterocycles. The lowest BCUT2D eigenvalue weighted by Gasteiger charge is -2.15. The van der Waals surface area contributed by atoms with Gasteiger partial charge in [-0.3, -0.25) is 0 Å². The standard InChI is InChI=1S/C27H24O5S.C26H19NO4S.C25H16O4S.C22H16O5S/c1-16(2)23-15-20(31-3)10-12-21(23)27-26(22-11-7-18(28)14-24(22)33-27)32-19-8-4-17(5-9-19)6-13-25(29)30;1-27-14-13-19-20(3-2-4-22(19)27)26-25(21-11-8-17(28)15-23(21)32-26)31-18-9-5-16(6-10-18)7-12-24(29)30;1-2-17-5-3-4-6-20(17)25-24(21-13-10-18(26)15-22(21)30-25)29-19-11-7-16(8-12-19)9-14-23(27)28;1-13-17(10-11-26-13)22-21(18-8-5-15(23)12-19(18)28-22)27-16-6-2-14(3-7-16)4-9-20(24)25/h4-16,28H,1-3H3,(H,29,30);2-15,28H,1H3,(H,29,30);1,3-15,26H,(H,27,28);2-12,23H,1H3,(H,24,25)/b13-6+;12-7+;14-9+;9-4+. The molecule has 0 atom stereocenters. The fraction of sp³-hybridized carbons (Fsp3) is 0.0600. The van der Waals surface area contributed by atoms with Crippen LogP contribution in [0.15, 0.2) is 284 Å². The summed E-state index contributed by atoms with van der Waals surface area (Å²) in [7, 11) is 3.68. The molecule has 612 valence electrons. The lowest BCUT2D eigenvalue weighted by molar-refractivity contribution is -0.132. The van der Waals surface area contributed by atoms with E-state index in [-0.39, 0.29) is 28.9 Å². The average molecular weight is 1710 g/mol. The minimum absolute atomic E-state index is 0.182. The molecule has 17 rings (SSSR count). The van der Waals surface area contributed by atoms with Crippen molar-refractivity contribution in [1.29, 1.82) is 0 Å². The van der Waals surface area contributed by atoms with Crippen molar-refractivity contribution in [3.8, 4) is 129 Å². The second kappa shape index (κ2) is 37.7. The molecule has 0 aliphatic rings. The molecule has 8 N–H and O–H groups in total. The monoisotopic (exact) mass is 1710 g/mol. The van der Waals surface area contributed by atoms with Crippen LogP contribution >= 0.6 is 45.3 Å². The number of hydrogen-bond donors (Lipinski definition) is 8. The number of hydrogen-bond acceptors (Lipinski definition) is 18. The van der Waals surface area contributed by atoms with E-state index in [1.807, 2.05) is 141 Å². The maximum Gasteiger partial charge on any atom is 0.328 e. The van der Waals surface area contributed by atoms with E-state index in [2.05, 4.69) is 48.6 Å². The van der Waals surface area contributed by atoms with E-state index in [1.165, 1.54) is 47.0 Å². The summed E-state index contributed by atoms with van der Waals surface area (Å²) in [6, 6.07) is 73.5. The quantitative estimate of drug-likeness (QED) is 0.0231. The van der Waals surface area contributed by atoms with E-state index >= 15 is 0 Å². The Balaban J connectivity index is 0.000000134. The van der Waals surface area contributed by atoms with Crippen LogP contribution in [0, 0.1) is 19.3 Å². The molecule has 17 aromatic rings. The van der Waals surface area contributed by atoms with E-state index in [0.717, 1.165) is 174 Å². The van der Waals surface area contributed by atoms with Crippen molar-refractivity contribution >= 4 is 145 Å². The van der Waals surface area contributed by atoms with Gasteiger partial charge in [0.05, 0.1) is 32.9 Å². The van der Waals surface area contributed by atoms with Crippen LogP contribution in [0.5, 0.6) is 74.7 Å². The summed E-state index contributed by atoms with van der Waals surface area (Å²) < 4.78 is 41.9. The number of carboxylic acids is 4. The van der Waals surface area contributed by atoms with E-state index in [4.69, 9.17) is 55.0 Å². The number of rotatable bonds is 22. The number of thiophene rings is 4. The Kier molecular flexibility index (Phi) is 25.8. The summed E-state index contributed by atoms with van der Waals surface area (Å²) in [5.41, 5.74) is 10.0. The topological polar surface area (TPSA) is 294 Å². The molecule has 0 aliphatic heterocycles. The van der Waals surface area contributed by atoms with Crippen LogP contribution in [0.1, 0.15) is 58.9 Å². The number of phenolic OH excluding ortho intramolecular Hbond substituents is 4. The van der Waals surface area contributed by atoms with Gasteiger partial charge in [-0.05, 0) is 234 Å². The summed E-state index contributed by atoms with van der Waals surface area (Å²) in [4.78, 5) is 46.6. The van der Waals surface area contributed by atoms with E-state index in [1.54, 1.807) is 133 Å². The zero-order valence-corrected chi connectivity index (χ0v) is 69.5. The summed E-state index contributed by atoms with van der Waals surface area (Å²) in [6.45, 7) is 6.17. The van der Waals surface area contributed by atoms with Crippen molar-refractivity contribution in [2.45, 2.75) is 26.7 Å². The number of aliphatic carboxylic acids is 4. The third-order valence-electron chi connectivity index (χ3n) is 19.3. The van der Waals surface area contributed by atoms with Gasteiger partial charge in [0.1, 0.15) is 57.5 Å². The molecule has 0 amide bonds. The van der Waals surface area contributed by atoms with Crippen LogP contribution in [0.2, 0.25) is 0 Å². The molecular formula is C100H75NO18S4. The highest BCUT2D eigenvalue weighted by Gasteiger charge is 2.25. The third-order valence-corrected chi connectivity index (χ3v) is 24.0. The van der Waals surface area contributed by atoms with Gasteiger partial charge in [0.2, 0.25) is 0 Å². The third kappa shape index (κ3) is 20.0. The molecule has 0 aliphatic carbocycles. The molecule has 23 heteroatoms. The molecule has 19 nitrogen and oxygen atoms in total. The number of terminal acetylenes is 1. The van der Waals surface area contributed by atoms with Crippen molar-refractivity contribution in [3.63, 3.8) is 0 Å². The predicted octanol–water partition coefficient (Wildman–Crippen LogP) is 26.2. The second-order valence-electron chi connectivity index (χ2n) is 28.0. The van der Waals surface area contributed by atoms with Crippen molar-refractivity contribution in [2.24, 2.45) is 7.05 Å². The normalized spacial score (nSPS) is 11.3. The molecule has 123 heavy (non-hydrogen) atoms. The van der Waals surface area contributed by atoms with Gasteiger partial charge in [0.15, 0.2) is 23.0 Å². The first kappa shape index (κ1) is 84.1. The van der Waals surface area contributed by atoms with Gasteiger partial charge in [0, 0.05) is 111 Å². The van der Waals surface area contributed by atoms with E-state index in [9.17, 15) is 39.6 Å². The first-order valence-corrected chi connectivity index (χ1v) is 41.3. The fourth-order valence-electron chi connectivity index (χ4n) is 13.4. The lowest BCUT2D eigenvalue weighted by atomic mass is 9.95. The zero-order chi connectivity index (χ0) is 86.5.